The normalized spacial score (nSPS) is 11.0. The predicted molar refractivity (Wildman–Crippen MR) is 97.3 cm³/mol. The van der Waals surface area contributed by atoms with E-state index in [1.165, 1.54) is 32.3 Å². The zero-order valence-corrected chi connectivity index (χ0v) is 15.5. The van der Waals surface area contributed by atoms with Gasteiger partial charge in [0.05, 0.1) is 16.5 Å². The van der Waals surface area contributed by atoms with Crippen LogP contribution in [-0.2, 0) is 14.8 Å². The zero-order chi connectivity index (χ0) is 19.3. The maximum Gasteiger partial charge on any atom is 0.262 e. The van der Waals surface area contributed by atoms with Crippen LogP contribution in [0.15, 0.2) is 47.4 Å². The highest BCUT2D eigenvalue weighted by molar-refractivity contribution is 7.89. The number of nitrogens with zero attached hydrogens (tertiary/aromatic N) is 2. The quantitative estimate of drug-likeness (QED) is 0.836. The fourth-order valence-electron chi connectivity index (χ4n) is 2.10. The second-order valence-corrected chi connectivity index (χ2v) is 7.89. The Hall–Kier alpha value is -2.89. The van der Waals surface area contributed by atoms with Gasteiger partial charge in [-0.05, 0) is 42.8 Å². The fraction of sp³-hybridized carbons (Fsp3) is 0.222. The van der Waals surface area contributed by atoms with Crippen LogP contribution in [0.1, 0.15) is 11.1 Å². The number of ether oxygens (including phenoxy) is 1. The number of hydrogen-bond acceptors (Lipinski definition) is 5. The van der Waals surface area contributed by atoms with Gasteiger partial charge in [-0.2, -0.15) is 5.26 Å². The van der Waals surface area contributed by atoms with Crippen LogP contribution in [0.25, 0.3) is 0 Å². The van der Waals surface area contributed by atoms with Gasteiger partial charge in [0.1, 0.15) is 5.75 Å². The van der Waals surface area contributed by atoms with Crippen molar-refractivity contribution < 1.29 is 17.9 Å². The van der Waals surface area contributed by atoms with E-state index in [1.807, 2.05) is 6.07 Å². The molecule has 0 spiro atoms. The molecule has 0 saturated heterocycles. The summed E-state index contributed by atoms with van der Waals surface area (Å²) in [7, 11) is -0.713. The summed E-state index contributed by atoms with van der Waals surface area (Å²) < 4.78 is 30.9. The maximum atomic E-state index is 12.2. The molecule has 0 fully saturated rings. The lowest BCUT2D eigenvalue weighted by molar-refractivity contribution is -0.118. The lowest BCUT2D eigenvalue weighted by Gasteiger charge is -2.14. The van der Waals surface area contributed by atoms with Crippen molar-refractivity contribution in [3.05, 3.63) is 53.6 Å². The lowest BCUT2D eigenvalue weighted by atomic mass is 10.2. The van der Waals surface area contributed by atoms with Crippen LogP contribution in [0.3, 0.4) is 0 Å². The Kier molecular flexibility index (Phi) is 5.97. The van der Waals surface area contributed by atoms with Gasteiger partial charge in [0.15, 0.2) is 6.61 Å². The van der Waals surface area contributed by atoms with Crippen LogP contribution < -0.4 is 10.1 Å². The molecule has 136 valence electrons. The van der Waals surface area contributed by atoms with Gasteiger partial charge in [0.2, 0.25) is 10.0 Å². The van der Waals surface area contributed by atoms with Gasteiger partial charge >= 0.3 is 0 Å². The monoisotopic (exact) mass is 373 g/mol. The Labute approximate surface area is 152 Å². The number of nitrogens with one attached hydrogen (secondary N) is 1. The van der Waals surface area contributed by atoms with Crippen molar-refractivity contribution in [3.63, 3.8) is 0 Å². The molecule has 7 nitrogen and oxygen atoms in total. The van der Waals surface area contributed by atoms with E-state index in [9.17, 15) is 13.2 Å². The molecule has 2 aromatic carbocycles. The molecule has 0 heterocycles. The second-order valence-electron chi connectivity index (χ2n) is 5.74. The van der Waals surface area contributed by atoms with E-state index in [0.717, 1.165) is 9.87 Å². The van der Waals surface area contributed by atoms with Gasteiger partial charge in [-0.1, -0.05) is 12.1 Å². The molecule has 1 N–H and O–H groups in total. The lowest BCUT2D eigenvalue weighted by Crippen LogP contribution is -2.23. The van der Waals surface area contributed by atoms with E-state index in [0.29, 0.717) is 17.0 Å². The summed E-state index contributed by atoms with van der Waals surface area (Å²) in [6, 6.07) is 13.0. The molecule has 0 aliphatic heterocycles. The molecule has 26 heavy (non-hydrogen) atoms. The third-order valence-corrected chi connectivity index (χ3v) is 5.41. The van der Waals surface area contributed by atoms with Gasteiger partial charge in [-0.25, -0.2) is 12.7 Å². The summed E-state index contributed by atoms with van der Waals surface area (Å²) in [5.41, 5.74) is 1.55. The molecule has 0 saturated carbocycles. The summed E-state index contributed by atoms with van der Waals surface area (Å²) in [6.07, 6.45) is 0. The number of rotatable bonds is 6. The number of nitriles is 1. The van der Waals surface area contributed by atoms with E-state index in [1.54, 1.807) is 31.2 Å². The largest absolute Gasteiger partial charge is 0.484 e. The average Bonchev–Trinajstić information content (AvgIpc) is 2.61. The van der Waals surface area contributed by atoms with Crippen LogP contribution in [0.2, 0.25) is 0 Å². The zero-order valence-electron chi connectivity index (χ0n) is 14.7. The first-order valence-electron chi connectivity index (χ1n) is 7.70. The third-order valence-electron chi connectivity index (χ3n) is 3.59. The Morgan fingerprint density at radius 1 is 1.23 bits per heavy atom. The Bertz CT molecular complexity index is 963. The van der Waals surface area contributed by atoms with E-state index >= 15 is 0 Å². The molecular formula is C18H19N3O4S. The maximum absolute atomic E-state index is 12.2. The van der Waals surface area contributed by atoms with Crippen molar-refractivity contribution in [2.24, 2.45) is 0 Å². The molecule has 2 rings (SSSR count). The first-order valence-corrected chi connectivity index (χ1v) is 9.14. The van der Waals surface area contributed by atoms with Gasteiger partial charge in [0, 0.05) is 19.8 Å². The second kappa shape index (κ2) is 7.99. The molecule has 0 aromatic heterocycles. The number of benzene rings is 2. The molecule has 1 amide bonds. The first kappa shape index (κ1) is 19.4. The highest BCUT2D eigenvalue weighted by atomic mass is 32.2. The molecule has 0 unspecified atom stereocenters. The molecule has 2 aromatic rings. The number of amides is 1. The van der Waals surface area contributed by atoms with Crippen LogP contribution in [0.5, 0.6) is 5.75 Å². The SMILES string of the molecule is Cc1ccc(S(=O)(=O)N(C)C)cc1NC(=O)COc1cccc(C#N)c1. The Morgan fingerprint density at radius 3 is 2.62 bits per heavy atom. The standard InChI is InChI=1S/C18H19N3O4S/c1-13-7-8-16(26(23,24)21(2)3)10-17(13)20-18(22)12-25-15-6-4-5-14(9-15)11-19/h4-10H,12H2,1-3H3,(H,20,22). The number of hydrogen-bond donors (Lipinski definition) is 1. The van der Waals surface area contributed by atoms with Crippen LogP contribution in [-0.4, -0.2) is 39.3 Å². The van der Waals surface area contributed by atoms with Crippen LogP contribution >= 0.6 is 0 Å². The highest BCUT2D eigenvalue weighted by Crippen LogP contribution is 2.22. The summed E-state index contributed by atoms with van der Waals surface area (Å²) in [5.74, 6) is -0.0327. The van der Waals surface area contributed by atoms with E-state index in [4.69, 9.17) is 10.00 Å². The number of anilines is 1. The van der Waals surface area contributed by atoms with Crippen molar-refractivity contribution in [3.8, 4) is 11.8 Å². The minimum absolute atomic E-state index is 0.0889. The molecule has 0 atom stereocenters. The van der Waals surface area contributed by atoms with Gasteiger partial charge < -0.3 is 10.1 Å². The number of carbonyl (C=O) groups excluding carboxylic acids is 1. The molecule has 0 bridgehead atoms. The van der Waals surface area contributed by atoms with E-state index < -0.39 is 15.9 Å². The Balaban J connectivity index is 2.10. The van der Waals surface area contributed by atoms with Crippen molar-refractivity contribution in [2.75, 3.05) is 26.0 Å². The molecular weight excluding hydrogens is 354 g/mol. The van der Waals surface area contributed by atoms with Crippen molar-refractivity contribution in [2.45, 2.75) is 11.8 Å². The predicted octanol–water partition coefficient (Wildman–Crippen LogP) is 2.13. The van der Waals surface area contributed by atoms with Crippen LogP contribution in [0, 0.1) is 18.3 Å². The minimum Gasteiger partial charge on any atom is -0.484 e. The number of carbonyl (C=O) groups is 1. The van der Waals surface area contributed by atoms with Crippen molar-refractivity contribution >= 4 is 21.6 Å². The smallest absolute Gasteiger partial charge is 0.262 e. The first-order chi connectivity index (χ1) is 12.2. The summed E-state index contributed by atoms with van der Waals surface area (Å²) >= 11 is 0. The summed E-state index contributed by atoms with van der Waals surface area (Å²) in [6.45, 7) is 1.50. The Morgan fingerprint density at radius 2 is 1.96 bits per heavy atom. The van der Waals surface area contributed by atoms with Crippen LogP contribution in [0.4, 0.5) is 5.69 Å². The van der Waals surface area contributed by atoms with E-state index in [2.05, 4.69) is 5.32 Å². The highest BCUT2D eigenvalue weighted by Gasteiger charge is 2.18. The topological polar surface area (TPSA) is 99.5 Å². The van der Waals surface area contributed by atoms with Crippen molar-refractivity contribution in [1.29, 1.82) is 5.26 Å². The van der Waals surface area contributed by atoms with E-state index in [-0.39, 0.29) is 11.5 Å². The summed E-state index contributed by atoms with van der Waals surface area (Å²) in [4.78, 5) is 12.2. The molecule has 8 heteroatoms. The number of aryl methyl sites for hydroxylation is 1. The minimum atomic E-state index is -3.59. The van der Waals surface area contributed by atoms with Gasteiger partial charge in [-0.15, -0.1) is 0 Å². The average molecular weight is 373 g/mol. The molecule has 0 aliphatic rings. The van der Waals surface area contributed by atoms with Gasteiger partial charge in [-0.3, -0.25) is 4.79 Å². The third kappa shape index (κ3) is 4.59. The molecule has 0 radical (unpaired) electrons. The fourth-order valence-corrected chi connectivity index (χ4v) is 3.03. The number of sulfonamides is 1. The molecule has 0 aliphatic carbocycles. The van der Waals surface area contributed by atoms with Crippen molar-refractivity contribution in [1.82, 2.24) is 4.31 Å². The summed E-state index contributed by atoms with van der Waals surface area (Å²) in [5, 5.41) is 11.5. The van der Waals surface area contributed by atoms with Gasteiger partial charge in [0.25, 0.3) is 5.91 Å².